The van der Waals surface area contributed by atoms with Crippen LogP contribution in [0.1, 0.15) is 73.4 Å². The predicted octanol–water partition coefficient (Wildman–Crippen LogP) is 7.75. The normalized spacial score (nSPS) is 13.1. The summed E-state index contributed by atoms with van der Waals surface area (Å²) >= 11 is 0. The van der Waals surface area contributed by atoms with E-state index < -0.39 is 22.6 Å². The summed E-state index contributed by atoms with van der Waals surface area (Å²) in [5.74, 6) is -1.71. The molecule has 0 aromatic heterocycles. The van der Waals surface area contributed by atoms with Gasteiger partial charge in [0.05, 0.1) is 33.6 Å². The first kappa shape index (κ1) is 27.0. The maximum atomic E-state index is 14.4. The Kier molecular flexibility index (Phi) is 6.45. The van der Waals surface area contributed by atoms with Crippen molar-refractivity contribution in [1.29, 1.82) is 0 Å². The Hall–Kier alpha value is -4.58. The molecule has 0 aliphatic heterocycles. The highest BCUT2D eigenvalue weighted by atomic mass is 16.3. The van der Waals surface area contributed by atoms with Gasteiger partial charge in [-0.1, -0.05) is 36.4 Å². The van der Waals surface area contributed by atoms with Gasteiger partial charge in [0, 0.05) is 22.5 Å². The number of nitrogens with zero attached hydrogens (tertiary/aromatic N) is 2. The molecule has 6 nitrogen and oxygen atoms in total. The lowest BCUT2D eigenvalue weighted by molar-refractivity contribution is 0.0974. The van der Waals surface area contributed by atoms with Crippen LogP contribution in [0, 0.1) is 0 Å². The lowest BCUT2D eigenvalue weighted by atomic mass is 9.80. The minimum Gasteiger partial charge on any atom is -0.507 e. The maximum absolute atomic E-state index is 14.4. The topological polar surface area (TPSA) is 81.1 Å². The van der Waals surface area contributed by atoms with Crippen LogP contribution >= 0.6 is 0 Å². The largest absolute Gasteiger partial charge is 0.507 e. The number of phenols is 2. The zero-order valence-electron chi connectivity index (χ0n) is 23.7. The number of carbonyl (C=O) groups is 2. The van der Waals surface area contributed by atoms with E-state index in [1.807, 2.05) is 124 Å². The molecule has 5 rings (SSSR count). The van der Waals surface area contributed by atoms with E-state index in [4.69, 9.17) is 0 Å². The van der Waals surface area contributed by atoms with Crippen molar-refractivity contribution >= 4 is 34.3 Å². The van der Waals surface area contributed by atoms with Crippen LogP contribution in [0.5, 0.6) is 11.5 Å². The molecular formula is C34H34N2O4. The fraction of sp³-hybridized carbons (Fsp3) is 0.235. The maximum Gasteiger partial charge on any atom is 0.200 e. The van der Waals surface area contributed by atoms with Gasteiger partial charge in [-0.2, -0.15) is 0 Å². The van der Waals surface area contributed by atoms with E-state index in [0.29, 0.717) is 11.4 Å². The van der Waals surface area contributed by atoms with E-state index in [0.717, 1.165) is 11.4 Å². The second kappa shape index (κ2) is 9.56. The van der Waals surface area contributed by atoms with Crippen LogP contribution in [0.4, 0.5) is 22.7 Å². The SMILES string of the molecule is CC(C)(C)N(c1ccccc1)c1ccc(N(c2ccccc2)C(C)(C)C)c2c1C(=O)c1c(O)ccc(O)c1C2=O. The van der Waals surface area contributed by atoms with Crippen molar-refractivity contribution in [2.75, 3.05) is 9.80 Å². The van der Waals surface area contributed by atoms with Crippen molar-refractivity contribution < 1.29 is 19.8 Å². The number of rotatable bonds is 4. The lowest BCUT2D eigenvalue weighted by Gasteiger charge is -2.42. The Morgan fingerprint density at radius 2 is 0.800 bits per heavy atom. The van der Waals surface area contributed by atoms with Crippen molar-refractivity contribution in [2.45, 2.75) is 52.6 Å². The fourth-order valence-electron chi connectivity index (χ4n) is 5.63. The van der Waals surface area contributed by atoms with Crippen molar-refractivity contribution in [3.05, 3.63) is 107 Å². The van der Waals surface area contributed by atoms with Gasteiger partial charge in [-0.05, 0) is 90.1 Å². The first-order valence-corrected chi connectivity index (χ1v) is 13.3. The van der Waals surface area contributed by atoms with Crippen LogP contribution < -0.4 is 9.80 Å². The first-order chi connectivity index (χ1) is 18.8. The summed E-state index contributed by atoms with van der Waals surface area (Å²) in [5.41, 5.74) is 1.87. The lowest BCUT2D eigenvalue weighted by Crippen LogP contribution is -2.41. The average molecular weight is 535 g/mol. The predicted molar refractivity (Wildman–Crippen MR) is 160 cm³/mol. The molecule has 0 saturated carbocycles. The van der Waals surface area contributed by atoms with Crippen LogP contribution in [0.15, 0.2) is 84.9 Å². The summed E-state index contributed by atoms with van der Waals surface area (Å²) in [4.78, 5) is 32.9. The van der Waals surface area contributed by atoms with Gasteiger partial charge in [0.1, 0.15) is 11.5 Å². The van der Waals surface area contributed by atoms with E-state index in [1.165, 1.54) is 12.1 Å². The van der Waals surface area contributed by atoms with Crippen LogP contribution in [0.25, 0.3) is 0 Å². The second-order valence-electron chi connectivity index (χ2n) is 12.0. The van der Waals surface area contributed by atoms with Crippen molar-refractivity contribution in [3.63, 3.8) is 0 Å². The molecule has 0 heterocycles. The Morgan fingerprint density at radius 1 is 0.475 bits per heavy atom. The molecule has 40 heavy (non-hydrogen) atoms. The van der Waals surface area contributed by atoms with Gasteiger partial charge in [0.2, 0.25) is 11.6 Å². The van der Waals surface area contributed by atoms with Crippen molar-refractivity contribution in [1.82, 2.24) is 0 Å². The van der Waals surface area contributed by atoms with E-state index in [9.17, 15) is 19.8 Å². The number of benzene rings is 4. The molecule has 0 unspecified atom stereocenters. The molecule has 6 heteroatoms. The highest BCUT2D eigenvalue weighted by molar-refractivity contribution is 6.34. The minimum absolute atomic E-state index is 0.181. The highest BCUT2D eigenvalue weighted by Crippen LogP contribution is 2.48. The van der Waals surface area contributed by atoms with Crippen molar-refractivity contribution in [2.24, 2.45) is 0 Å². The Labute approximate surface area is 235 Å². The summed E-state index contributed by atoms with van der Waals surface area (Å²) in [6.07, 6.45) is 0. The smallest absolute Gasteiger partial charge is 0.200 e. The summed E-state index contributed by atoms with van der Waals surface area (Å²) in [6, 6.07) is 25.7. The zero-order valence-corrected chi connectivity index (χ0v) is 23.7. The molecule has 204 valence electrons. The molecule has 0 saturated heterocycles. The van der Waals surface area contributed by atoms with Gasteiger partial charge in [-0.25, -0.2) is 0 Å². The molecule has 0 spiro atoms. The molecular weight excluding hydrogens is 500 g/mol. The van der Waals surface area contributed by atoms with E-state index in [1.54, 1.807) is 0 Å². The molecule has 0 bridgehead atoms. The van der Waals surface area contributed by atoms with E-state index in [2.05, 4.69) is 0 Å². The van der Waals surface area contributed by atoms with Gasteiger partial charge in [-0.15, -0.1) is 0 Å². The van der Waals surface area contributed by atoms with Gasteiger partial charge >= 0.3 is 0 Å². The molecule has 1 aliphatic rings. The molecule has 0 fully saturated rings. The molecule has 4 aromatic rings. The third-order valence-corrected chi connectivity index (χ3v) is 7.08. The Morgan fingerprint density at radius 3 is 1.10 bits per heavy atom. The highest BCUT2D eigenvalue weighted by Gasteiger charge is 2.42. The number of aromatic hydroxyl groups is 2. The molecule has 2 N–H and O–H groups in total. The standard InChI is InChI=1S/C34H34N2O4/c1-33(2,3)35(21-13-9-7-10-14-21)23-17-18-24(36(34(4,5)6)22-15-11-8-12-16-22)28-27(23)31(39)29-25(37)19-20-26(38)30(29)32(28)40/h7-20,37-38H,1-6H3. The second-order valence-corrected chi connectivity index (χ2v) is 12.0. The summed E-state index contributed by atoms with van der Waals surface area (Å²) < 4.78 is 0. The van der Waals surface area contributed by atoms with E-state index >= 15 is 0 Å². The first-order valence-electron chi connectivity index (χ1n) is 13.3. The van der Waals surface area contributed by atoms with Gasteiger partial charge < -0.3 is 20.0 Å². The number of carbonyl (C=O) groups excluding carboxylic acids is 2. The molecule has 0 radical (unpaired) electrons. The van der Waals surface area contributed by atoms with Gasteiger partial charge in [0.15, 0.2) is 0 Å². The summed E-state index contributed by atoms with van der Waals surface area (Å²) in [5, 5.41) is 21.6. The van der Waals surface area contributed by atoms with E-state index in [-0.39, 0.29) is 33.8 Å². The Balaban J connectivity index is 1.91. The number of phenolic OH excluding ortho intramolecular Hbond substituents is 2. The van der Waals surface area contributed by atoms with Gasteiger partial charge in [-0.3, -0.25) is 9.59 Å². The molecule has 1 aliphatic carbocycles. The van der Waals surface area contributed by atoms with Crippen LogP contribution in [0.3, 0.4) is 0 Å². The minimum atomic E-state index is -0.512. The number of para-hydroxylation sites is 2. The number of fused-ring (bicyclic) bond motifs is 2. The number of ketones is 2. The average Bonchev–Trinajstić information content (AvgIpc) is 2.89. The third-order valence-electron chi connectivity index (χ3n) is 7.08. The fourth-order valence-corrected chi connectivity index (χ4v) is 5.63. The summed E-state index contributed by atoms with van der Waals surface area (Å²) in [6.45, 7) is 12.2. The number of hydrogen-bond donors (Lipinski definition) is 2. The summed E-state index contributed by atoms with van der Waals surface area (Å²) in [7, 11) is 0. The van der Waals surface area contributed by atoms with Gasteiger partial charge in [0.25, 0.3) is 0 Å². The number of anilines is 4. The van der Waals surface area contributed by atoms with Crippen LogP contribution in [-0.2, 0) is 0 Å². The monoisotopic (exact) mass is 534 g/mol. The Bertz CT molecular complexity index is 1490. The molecule has 0 amide bonds. The number of hydrogen-bond acceptors (Lipinski definition) is 6. The van der Waals surface area contributed by atoms with Crippen LogP contribution in [-0.4, -0.2) is 32.9 Å². The van der Waals surface area contributed by atoms with Crippen LogP contribution in [0.2, 0.25) is 0 Å². The molecule has 0 atom stereocenters. The third kappa shape index (κ3) is 4.39. The zero-order chi connectivity index (χ0) is 29.0. The quantitative estimate of drug-likeness (QED) is 0.230. The van der Waals surface area contributed by atoms with Crippen molar-refractivity contribution in [3.8, 4) is 11.5 Å². The molecule has 4 aromatic carbocycles.